The number of ether oxygens (including phenoxy) is 1. The zero-order valence-electron chi connectivity index (χ0n) is 19.5. The first-order valence-corrected chi connectivity index (χ1v) is 12.2. The van der Waals surface area contributed by atoms with Gasteiger partial charge in [-0.1, -0.05) is 54.2 Å². The second-order valence-corrected chi connectivity index (χ2v) is 9.21. The van der Waals surface area contributed by atoms with Crippen molar-refractivity contribution in [2.45, 2.75) is 31.3 Å². The molecular formula is C26H30N4O2S. The van der Waals surface area contributed by atoms with Gasteiger partial charge in [0.25, 0.3) is 5.91 Å². The van der Waals surface area contributed by atoms with Crippen molar-refractivity contribution in [2.75, 3.05) is 38.3 Å². The molecule has 1 amide bonds. The van der Waals surface area contributed by atoms with Crippen LogP contribution in [0.2, 0.25) is 0 Å². The standard InChI is InChI=1S/C26H30N4O2S/c1-19-20(2)27-26(28-24(19)29(3)17-21-7-5-4-6-8-21)33-18-22-9-11-23(12-10-22)25(31)30-13-15-32-16-14-30/h4-12H,13-18H2,1-3H3. The van der Waals surface area contributed by atoms with E-state index in [1.807, 2.05) is 42.2 Å². The highest BCUT2D eigenvalue weighted by atomic mass is 32.2. The number of carbonyl (C=O) groups is 1. The van der Waals surface area contributed by atoms with Gasteiger partial charge in [-0.3, -0.25) is 4.79 Å². The molecule has 6 nitrogen and oxygen atoms in total. The first-order chi connectivity index (χ1) is 16.0. The zero-order valence-corrected chi connectivity index (χ0v) is 20.3. The molecule has 1 aromatic heterocycles. The fourth-order valence-corrected chi connectivity index (χ4v) is 4.64. The Bertz CT molecular complexity index is 1080. The number of aromatic nitrogens is 2. The minimum atomic E-state index is 0.0705. The SMILES string of the molecule is Cc1nc(SCc2ccc(C(=O)N3CCOCC3)cc2)nc(N(C)Cc2ccccc2)c1C. The van der Waals surface area contributed by atoms with Crippen LogP contribution in [0.25, 0.3) is 0 Å². The van der Waals surface area contributed by atoms with Gasteiger partial charge in [0, 0.05) is 49.3 Å². The molecule has 7 heteroatoms. The minimum absolute atomic E-state index is 0.0705. The van der Waals surface area contributed by atoms with E-state index in [4.69, 9.17) is 14.7 Å². The molecule has 2 heterocycles. The Balaban J connectivity index is 1.41. The van der Waals surface area contributed by atoms with E-state index >= 15 is 0 Å². The Morgan fingerprint density at radius 1 is 1.00 bits per heavy atom. The van der Waals surface area contributed by atoms with E-state index in [0.29, 0.717) is 26.3 Å². The van der Waals surface area contributed by atoms with Gasteiger partial charge in [-0.25, -0.2) is 9.97 Å². The lowest BCUT2D eigenvalue weighted by Crippen LogP contribution is -2.40. The molecule has 1 aliphatic heterocycles. The molecule has 4 rings (SSSR count). The number of rotatable bonds is 7. The molecule has 3 aromatic rings. The number of nitrogens with zero attached hydrogens (tertiary/aromatic N) is 4. The average Bonchev–Trinajstić information content (AvgIpc) is 2.85. The molecule has 33 heavy (non-hydrogen) atoms. The highest BCUT2D eigenvalue weighted by Crippen LogP contribution is 2.26. The second-order valence-electron chi connectivity index (χ2n) is 8.27. The summed E-state index contributed by atoms with van der Waals surface area (Å²) in [5.41, 5.74) is 5.20. The summed E-state index contributed by atoms with van der Waals surface area (Å²) < 4.78 is 5.34. The molecule has 2 aromatic carbocycles. The van der Waals surface area contributed by atoms with Crippen molar-refractivity contribution < 1.29 is 9.53 Å². The van der Waals surface area contributed by atoms with Gasteiger partial charge in [0.15, 0.2) is 5.16 Å². The highest BCUT2D eigenvalue weighted by Gasteiger charge is 2.18. The van der Waals surface area contributed by atoms with Crippen LogP contribution in [-0.4, -0.2) is 54.1 Å². The van der Waals surface area contributed by atoms with E-state index in [1.165, 1.54) is 5.56 Å². The van der Waals surface area contributed by atoms with Crippen LogP contribution in [0.1, 0.15) is 32.7 Å². The van der Waals surface area contributed by atoms with Gasteiger partial charge in [-0.15, -0.1) is 0 Å². The van der Waals surface area contributed by atoms with Crippen LogP contribution in [0.5, 0.6) is 0 Å². The number of aryl methyl sites for hydroxylation is 1. The van der Waals surface area contributed by atoms with Crippen molar-refractivity contribution in [3.05, 3.63) is 82.5 Å². The maximum Gasteiger partial charge on any atom is 0.254 e. The molecule has 0 spiro atoms. The topological polar surface area (TPSA) is 58.6 Å². The minimum Gasteiger partial charge on any atom is -0.378 e. The normalized spacial score (nSPS) is 13.7. The number of amides is 1. The summed E-state index contributed by atoms with van der Waals surface area (Å²) in [5, 5.41) is 0.765. The molecule has 1 saturated heterocycles. The molecule has 0 aliphatic carbocycles. The van der Waals surface area contributed by atoms with Crippen molar-refractivity contribution >= 4 is 23.5 Å². The first kappa shape index (κ1) is 23.3. The van der Waals surface area contributed by atoms with Gasteiger partial charge in [0.1, 0.15) is 5.82 Å². The molecule has 0 radical (unpaired) electrons. The molecule has 1 aliphatic rings. The number of anilines is 1. The van der Waals surface area contributed by atoms with Crippen LogP contribution in [-0.2, 0) is 17.0 Å². The third-order valence-electron chi connectivity index (χ3n) is 5.83. The number of morpholine rings is 1. The van der Waals surface area contributed by atoms with Crippen LogP contribution >= 0.6 is 11.8 Å². The number of carbonyl (C=O) groups excluding carboxylic acids is 1. The third kappa shape index (κ3) is 5.92. The van der Waals surface area contributed by atoms with Crippen molar-refractivity contribution in [1.82, 2.24) is 14.9 Å². The molecule has 1 fully saturated rings. The lowest BCUT2D eigenvalue weighted by Gasteiger charge is -2.26. The van der Waals surface area contributed by atoms with E-state index in [0.717, 1.165) is 45.7 Å². The van der Waals surface area contributed by atoms with E-state index in [2.05, 4.69) is 43.1 Å². The van der Waals surface area contributed by atoms with E-state index in [1.54, 1.807) is 11.8 Å². The lowest BCUT2D eigenvalue weighted by atomic mass is 10.1. The third-order valence-corrected chi connectivity index (χ3v) is 6.75. The Labute approximate surface area is 200 Å². The molecule has 0 bridgehead atoms. The predicted molar refractivity (Wildman–Crippen MR) is 133 cm³/mol. The van der Waals surface area contributed by atoms with Crippen molar-refractivity contribution in [1.29, 1.82) is 0 Å². The summed E-state index contributed by atoms with van der Waals surface area (Å²) in [5.74, 6) is 1.78. The van der Waals surface area contributed by atoms with Gasteiger partial charge in [-0.2, -0.15) is 0 Å². The molecule has 172 valence electrons. The summed E-state index contributed by atoms with van der Waals surface area (Å²) in [4.78, 5) is 26.2. The van der Waals surface area contributed by atoms with Gasteiger partial charge in [-0.05, 0) is 37.1 Å². The number of thioether (sulfide) groups is 1. The second kappa shape index (κ2) is 10.8. The smallest absolute Gasteiger partial charge is 0.254 e. The maximum atomic E-state index is 12.6. The van der Waals surface area contributed by atoms with Crippen LogP contribution in [0, 0.1) is 13.8 Å². The summed E-state index contributed by atoms with van der Waals surface area (Å²) in [6, 6.07) is 18.3. The van der Waals surface area contributed by atoms with Crippen LogP contribution < -0.4 is 4.90 Å². The van der Waals surface area contributed by atoms with Gasteiger partial charge in [0.05, 0.1) is 13.2 Å². The first-order valence-electron chi connectivity index (χ1n) is 11.2. The maximum absolute atomic E-state index is 12.6. The average molecular weight is 463 g/mol. The monoisotopic (exact) mass is 462 g/mol. The Hall–Kier alpha value is -2.90. The van der Waals surface area contributed by atoms with Gasteiger partial charge < -0.3 is 14.5 Å². The van der Waals surface area contributed by atoms with Crippen LogP contribution in [0.4, 0.5) is 5.82 Å². The predicted octanol–water partition coefficient (Wildman–Crippen LogP) is 4.49. The fourth-order valence-electron chi connectivity index (χ4n) is 3.80. The highest BCUT2D eigenvalue weighted by molar-refractivity contribution is 7.98. The Kier molecular flexibility index (Phi) is 7.62. The van der Waals surface area contributed by atoms with E-state index in [9.17, 15) is 4.79 Å². The number of benzene rings is 2. The summed E-state index contributed by atoms with van der Waals surface area (Å²) in [6.07, 6.45) is 0. The van der Waals surface area contributed by atoms with Crippen molar-refractivity contribution in [3.63, 3.8) is 0 Å². The molecule has 0 atom stereocenters. The summed E-state index contributed by atoms with van der Waals surface area (Å²) in [6.45, 7) is 7.43. The van der Waals surface area contributed by atoms with Gasteiger partial charge in [0.2, 0.25) is 0 Å². The van der Waals surface area contributed by atoms with Crippen LogP contribution in [0.15, 0.2) is 59.8 Å². The number of hydrogen-bond acceptors (Lipinski definition) is 6. The van der Waals surface area contributed by atoms with Gasteiger partial charge >= 0.3 is 0 Å². The van der Waals surface area contributed by atoms with Crippen LogP contribution in [0.3, 0.4) is 0 Å². The quantitative estimate of drug-likeness (QED) is 0.381. The lowest BCUT2D eigenvalue weighted by molar-refractivity contribution is 0.0303. The fraction of sp³-hybridized carbons (Fsp3) is 0.346. The Morgan fingerprint density at radius 2 is 1.70 bits per heavy atom. The molecule has 0 unspecified atom stereocenters. The molecule has 0 N–H and O–H groups in total. The van der Waals surface area contributed by atoms with Crippen molar-refractivity contribution in [3.8, 4) is 0 Å². The van der Waals surface area contributed by atoms with Crippen molar-refractivity contribution in [2.24, 2.45) is 0 Å². The van der Waals surface area contributed by atoms with E-state index < -0.39 is 0 Å². The largest absolute Gasteiger partial charge is 0.378 e. The van der Waals surface area contributed by atoms with E-state index in [-0.39, 0.29) is 5.91 Å². The summed E-state index contributed by atoms with van der Waals surface area (Å²) >= 11 is 1.62. The summed E-state index contributed by atoms with van der Waals surface area (Å²) in [7, 11) is 2.07. The Morgan fingerprint density at radius 3 is 2.39 bits per heavy atom. The molecule has 0 saturated carbocycles. The molecular weight excluding hydrogens is 432 g/mol. The number of hydrogen-bond donors (Lipinski definition) is 0. The zero-order chi connectivity index (χ0) is 23.2.